The molecule has 1 aromatic heterocycles. The Balaban J connectivity index is 2.35. The smallest absolute Gasteiger partial charge is 0.251 e. The zero-order chi connectivity index (χ0) is 10.1. The minimum absolute atomic E-state index is 0.00870. The fourth-order valence-corrected chi connectivity index (χ4v) is 1.67. The molecule has 0 bridgehead atoms. The van der Waals surface area contributed by atoms with Gasteiger partial charge in [0.25, 0.3) is 5.56 Å². The van der Waals surface area contributed by atoms with Crippen molar-refractivity contribution in [1.29, 1.82) is 0 Å². The van der Waals surface area contributed by atoms with Gasteiger partial charge in [0.2, 0.25) is 0 Å². The lowest BCUT2D eigenvalue weighted by molar-refractivity contribution is 0.399. The van der Waals surface area contributed by atoms with E-state index in [1.165, 1.54) is 19.3 Å². The molecule has 1 aromatic rings. The van der Waals surface area contributed by atoms with E-state index in [1.54, 1.807) is 6.07 Å². The lowest BCUT2D eigenvalue weighted by Crippen LogP contribution is -2.20. The van der Waals surface area contributed by atoms with Crippen molar-refractivity contribution in [3.63, 3.8) is 0 Å². The van der Waals surface area contributed by atoms with Crippen LogP contribution in [0.5, 0.6) is 0 Å². The Morgan fingerprint density at radius 3 is 2.71 bits per heavy atom. The number of nitrogens with zero attached hydrogens (tertiary/aromatic N) is 1. The van der Waals surface area contributed by atoms with E-state index in [1.807, 2.05) is 0 Å². The van der Waals surface area contributed by atoms with Crippen LogP contribution in [-0.4, -0.2) is 9.97 Å². The first kappa shape index (κ1) is 9.44. The van der Waals surface area contributed by atoms with E-state index in [0.29, 0.717) is 11.8 Å². The van der Waals surface area contributed by atoms with Crippen LogP contribution in [0.25, 0.3) is 0 Å². The molecule has 3 nitrogen and oxygen atoms in total. The average Bonchev–Trinajstić information content (AvgIpc) is 1.99. The van der Waals surface area contributed by atoms with E-state index in [2.05, 4.69) is 23.8 Å². The Labute approximate surface area is 83.6 Å². The van der Waals surface area contributed by atoms with E-state index >= 15 is 0 Å². The fourth-order valence-electron chi connectivity index (χ4n) is 1.67. The van der Waals surface area contributed by atoms with E-state index in [-0.39, 0.29) is 5.56 Å². The Morgan fingerprint density at radius 1 is 1.50 bits per heavy atom. The number of nitrogens with one attached hydrogen (secondary N) is 1. The Kier molecular flexibility index (Phi) is 2.40. The predicted octanol–water partition coefficient (Wildman–Crippen LogP) is 2.16. The summed E-state index contributed by atoms with van der Waals surface area (Å²) in [6.45, 7) is 4.12. The molecule has 14 heavy (non-hydrogen) atoms. The van der Waals surface area contributed by atoms with Gasteiger partial charge in [-0.15, -0.1) is 0 Å². The lowest BCUT2D eigenvalue weighted by Gasteiger charge is -2.24. The van der Waals surface area contributed by atoms with Crippen LogP contribution in [-0.2, 0) is 0 Å². The van der Waals surface area contributed by atoms with E-state index in [9.17, 15) is 4.79 Å². The van der Waals surface area contributed by atoms with Crippen LogP contribution in [0, 0.1) is 0 Å². The lowest BCUT2D eigenvalue weighted by atomic mass is 9.85. The number of H-pyrrole nitrogens is 1. The highest BCUT2D eigenvalue weighted by Crippen LogP contribution is 2.34. The third kappa shape index (κ3) is 1.72. The van der Waals surface area contributed by atoms with Crippen LogP contribution in [0.1, 0.15) is 56.5 Å². The molecule has 0 amide bonds. The molecule has 1 fully saturated rings. The highest BCUT2D eigenvalue weighted by molar-refractivity contribution is 5.10. The highest BCUT2D eigenvalue weighted by Gasteiger charge is 2.22. The molecule has 0 spiro atoms. The van der Waals surface area contributed by atoms with E-state index in [4.69, 9.17) is 0 Å². The van der Waals surface area contributed by atoms with Gasteiger partial charge in [0.05, 0.1) is 5.69 Å². The third-order valence-corrected chi connectivity index (χ3v) is 2.86. The predicted molar refractivity (Wildman–Crippen MR) is 55.5 cm³/mol. The van der Waals surface area contributed by atoms with Crippen LogP contribution in [0.2, 0.25) is 0 Å². The van der Waals surface area contributed by atoms with Gasteiger partial charge in [-0.25, -0.2) is 4.98 Å². The molecule has 76 valence electrons. The summed E-state index contributed by atoms with van der Waals surface area (Å²) in [4.78, 5) is 18.7. The first-order valence-electron chi connectivity index (χ1n) is 5.28. The second-order valence-corrected chi connectivity index (χ2v) is 4.34. The van der Waals surface area contributed by atoms with Gasteiger partial charge in [-0.05, 0) is 18.8 Å². The number of aromatic amines is 1. The number of hydrogen-bond donors (Lipinski definition) is 1. The van der Waals surface area contributed by atoms with Crippen LogP contribution in [0.15, 0.2) is 10.9 Å². The zero-order valence-corrected chi connectivity index (χ0v) is 8.71. The summed E-state index contributed by atoms with van der Waals surface area (Å²) in [5.41, 5.74) is 0.904. The highest BCUT2D eigenvalue weighted by atomic mass is 16.1. The van der Waals surface area contributed by atoms with E-state index < -0.39 is 0 Å². The molecule has 0 aliphatic heterocycles. The molecular weight excluding hydrogens is 176 g/mol. The summed E-state index contributed by atoms with van der Waals surface area (Å²) in [5, 5.41) is 0. The topological polar surface area (TPSA) is 45.8 Å². The van der Waals surface area contributed by atoms with Crippen molar-refractivity contribution in [2.24, 2.45) is 0 Å². The molecule has 0 aromatic carbocycles. The molecule has 1 saturated carbocycles. The summed E-state index contributed by atoms with van der Waals surface area (Å²) in [5.74, 6) is 1.73. The van der Waals surface area contributed by atoms with Crippen molar-refractivity contribution in [3.05, 3.63) is 27.9 Å². The quantitative estimate of drug-likeness (QED) is 0.780. The second kappa shape index (κ2) is 3.56. The minimum Gasteiger partial charge on any atom is -0.310 e. The Hall–Kier alpha value is -1.12. The summed E-state index contributed by atoms with van der Waals surface area (Å²) in [6.07, 6.45) is 3.61. The maximum atomic E-state index is 11.4. The van der Waals surface area contributed by atoms with Gasteiger partial charge in [-0.2, -0.15) is 0 Å². The van der Waals surface area contributed by atoms with Crippen molar-refractivity contribution in [1.82, 2.24) is 9.97 Å². The second-order valence-electron chi connectivity index (χ2n) is 4.34. The molecule has 0 unspecified atom stereocenters. The zero-order valence-electron chi connectivity index (χ0n) is 8.71. The number of hydrogen-bond acceptors (Lipinski definition) is 2. The molecular formula is C11H16N2O. The normalized spacial score (nSPS) is 17.1. The van der Waals surface area contributed by atoms with Gasteiger partial charge in [0.1, 0.15) is 5.82 Å². The molecule has 3 heteroatoms. The first-order valence-corrected chi connectivity index (χ1v) is 5.28. The van der Waals surface area contributed by atoms with Gasteiger partial charge in [-0.3, -0.25) is 4.79 Å². The minimum atomic E-state index is -0.00870. The third-order valence-electron chi connectivity index (χ3n) is 2.86. The largest absolute Gasteiger partial charge is 0.310 e. The SMILES string of the molecule is CC(C)c1cc(=O)[nH]c(C2CCC2)n1. The molecule has 0 atom stereocenters. The standard InChI is InChI=1S/C11H16N2O/c1-7(2)9-6-10(14)13-11(12-9)8-4-3-5-8/h6-8H,3-5H2,1-2H3,(H,12,13,14). The maximum absolute atomic E-state index is 11.4. The first-order chi connectivity index (χ1) is 6.66. The van der Waals surface area contributed by atoms with Gasteiger partial charge in [0.15, 0.2) is 0 Å². The average molecular weight is 192 g/mol. The van der Waals surface area contributed by atoms with Gasteiger partial charge >= 0.3 is 0 Å². The van der Waals surface area contributed by atoms with Crippen molar-refractivity contribution < 1.29 is 0 Å². The number of rotatable bonds is 2. The van der Waals surface area contributed by atoms with E-state index in [0.717, 1.165) is 11.5 Å². The van der Waals surface area contributed by atoms with Crippen molar-refractivity contribution in [3.8, 4) is 0 Å². The monoisotopic (exact) mass is 192 g/mol. The molecule has 1 heterocycles. The molecule has 1 N–H and O–H groups in total. The van der Waals surface area contributed by atoms with Crippen molar-refractivity contribution in [2.45, 2.75) is 44.9 Å². The van der Waals surface area contributed by atoms with Gasteiger partial charge < -0.3 is 4.98 Å². The summed E-state index contributed by atoms with van der Waals surface area (Å²) in [6, 6.07) is 1.60. The van der Waals surface area contributed by atoms with Crippen molar-refractivity contribution in [2.75, 3.05) is 0 Å². The maximum Gasteiger partial charge on any atom is 0.251 e. The van der Waals surface area contributed by atoms with Crippen LogP contribution >= 0.6 is 0 Å². The van der Waals surface area contributed by atoms with Crippen molar-refractivity contribution >= 4 is 0 Å². The fraction of sp³-hybridized carbons (Fsp3) is 0.636. The summed E-state index contributed by atoms with van der Waals surface area (Å²) >= 11 is 0. The Bertz CT molecular complexity index is 377. The Morgan fingerprint density at radius 2 is 2.21 bits per heavy atom. The van der Waals surface area contributed by atoms with Crippen LogP contribution in [0.4, 0.5) is 0 Å². The van der Waals surface area contributed by atoms with Crippen LogP contribution in [0.3, 0.4) is 0 Å². The van der Waals surface area contributed by atoms with Gasteiger partial charge in [-0.1, -0.05) is 20.3 Å². The molecule has 1 aliphatic carbocycles. The number of aromatic nitrogens is 2. The summed E-state index contributed by atoms with van der Waals surface area (Å²) in [7, 11) is 0. The summed E-state index contributed by atoms with van der Waals surface area (Å²) < 4.78 is 0. The van der Waals surface area contributed by atoms with Gasteiger partial charge in [0, 0.05) is 12.0 Å². The molecule has 2 rings (SSSR count). The molecule has 0 saturated heterocycles. The van der Waals surface area contributed by atoms with Crippen LogP contribution < -0.4 is 5.56 Å². The molecule has 1 aliphatic rings. The molecule has 0 radical (unpaired) electrons.